The van der Waals surface area contributed by atoms with Crippen molar-refractivity contribution in [2.45, 2.75) is 45.9 Å². The highest BCUT2D eigenvalue weighted by Gasteiger charge is 2.33. The molecule has 1 aromatic heterocycles. The molecule has 4 aromatic rings. The van der Waals surface area contributed by atoms with Gasteiger partial charge in [-0.25, -0.2) is 0 Å². The summed E-state index contributed by atoms with van der Waals surface area (Å²) >= 11 is 0. The number of hydrogen-bond acceptors (Lipinski definition) is 8. The Morgan fingerprint density at radius 1 is 1.00 bits per heavy atom. The van der Waals surface area contributed by atoms with Gasteiger partial charge in [-0.3, -0.25) is 9.59 Å². The third-order valence-corrected chi connectivity index (χ3v) is 8.09. The summed E-state index contributed by atoms with van der Waals surface area (Å²) in [5, 5.41) is 14.2. The van der Waals surface area contributed by atoms with Crippen LogP contribution < -0.4 is 19.7 Å². The minimum absolute atomic E-state index is 0.105. The molecule has 6 rings (SSSR count). The standard InChI is InChI=1S/C35H39N5O5/c1-22(2)20-43-27-15-25-16-28(17-27)45-26-9-7-8-24(14-26)21-44-32-18-40(13-12-31(32)36-33(41)19-39(4)35(25)42)34-30-11-6-5-10-29(30)23(3)37-38-34/h5-11,14-17,22,31-32H,12-13,18-21H2,1-4H3,(H,36,41)/t31-,32-/m0/s1. The quantitative estimate of drug-likeness (QED) is 0.340. The zero-order valence-corrected chi connectivity index (χ0v) is 26.2. The molecule has 0 unspecified atom stereocenters. The van der Waals surface area contributed by atoms with E-state index in [1.807, 2.05) is 43.3 Å². The predicted molar refractivity (Wildman–Crippen MR) is 172 cm³/mol. The smallest absolute Gasteiger partial charge is 0.254 e. The summed E-state index contributed by atoms with van der Waals surface area (Å²) in [4.78, 5) is 30.4. The number of aryl methyl sites for hydroxylation is 1. The van der Waals surface area contributed by atoms with Crippen molar-refractivity contribution in [3.63, 3.8) is 0 Å². The lowest BCUT2D eigenvalue weighted by molar-refractivity contribution is -0.123. The van der Waals surface area contributed by atoms with E-state index in [9.17, 15) is 9.59 Å². The lowest BCUT2D eigenvalue weighted by Gasteiger charge is -2.39. The molecule has 3 heterocycles. The van der Waals surface area contributed by atoms with Crippen molar-refractivity contribution >= 4 is 28.4 Å². The second-order valence-electron chi connectivity index (χ2n) is 12.2. The maximum Gasteiger partial charge on any atom is 0.254 e. The lowest BCUT2D eigenvalue weighted by Crippen LogP contribution is -2.56. The third kappa shape index (κ3) is 7.01. The van der Waals surface area contributed by atoms with Crippen LogP contribution in [0.1, 0.15) is 41.9 Å². The van der Waals surface area contributed by atoms with Gasteiger partial charge in [-0.15, -0.1) is 5.10 Å². The average molecular weight is 610 g/mol. The number of carbonyl (C=O) groups is 2. The molecule has 0 aliphatic carbocycles. The molecule has 1 saturated heterocycles. The van der Waals surface area contributed by atoms with Gasteiger partial charge in [0.25, 0.3) is 5.91 Å². The Balaban J connectivity index is 1.30. The van der Waals surface area contributed by atoms with Crippen LogP contribution in [0.5, 0.6) is 17.2 Å². The van der Waals surface area contributed by atoms with E-state index in [2.05, 4.69) is 46.4 Å². The van der Waals surface area contributed by atoms with Gasteiger partial charge in [0.2, 0.25) is 5.91 Å². The monoisotopic (exact) mass is 609 g/mol. The maximum atomic E-state index is 13.5. The van der Waals surface area contributed by atoms with E-state index in [0.29, 0.717) is 61.5 Å². The molecule has 0 saturated carbocycles. The van der Waals surface area contributed by atoms with Gasteiger partial charge in [-0.1, -0.05) is 50.2 Å². The molecular weight excluding hydrogens is 570 g/mol. The van der Waals surface area contributed by atoms with Crippen LogP contribution in [-0.4, -0.2) is 72.3 Å². The number of nitrogens with one attached hydrogen (secondary N) is 1. The van der Waals surface area contributed by atoms with Gasteiger partial charge < -0.3 is 29.3 Å². The van der Waals surface area contributed by atoms with Crippen molar-refractivity contribution in [3.8, 4) is 17.2 Å². The fourth-order valence-electron chi connectivity index (χ4n) is 5.80. The molecule has 1 N–H and O–H groups in total. The first-order valence-electron chi connectivity index (χ1n) is 15.4. The Morgan fingerprint density at radius 3 is 2.64 bits per heavy atom. The molecule has 10 heteroatoms. The molecule has 4 bridgehead atoms. The Hall–Kier alpha value is -4.70. The summed E-state index contributed by atoms with van der Waals surface area (Å²) < 4.78 is 18.7. The number of piperidine rings is 1. The molecule has 2 aliphatic heterocycles. The van der Waals surface area contributed by atoms with Crippen molar-refractivity contribution in [1.29, 1.82) is 0 Å². The van der Waals surface area contributed by atoms with Crippen LogP contribution in [0.3, 0.4) is 0 Å². The number of amides is 2. The zero-order valence-electron chi connectivity index (χ0n) is 26.2. The highest BCUT2D eigenvalue weighted by molar-refractivity contribution is 5.97. The Bertz CT molecular complexity index is 1710. The molecule has 3 aromatic carbocycles. The first-order chi connectivity index (χ1) is 21.7. The van der Waals surface area contributed by atoms with E-state index in [0.717, 1.165) is 27.8 Å². The number of ether oxygens (including phenoxy) is 3. The van der Waals surface area contributed by atoms with Gasteiger partial charge >= 0.3 is 0 Å². The van der Waals surface area contributed by atoms with E-state index in [4.69, 9.17) is 14.2 Å². The number of likely N-dealkylation sites (N-methyl/N-ethyl adjacent to an activating group) is 1. The first-order valence-corrected chi connectivity index (χ1v) is 15.4. The molecule has 45 heavy (non-hydrogen) atoms. The Morgan fingerprint density at radius 2 is 1.82 bits per heavy atom. The van der Waals surface area contributed by atoms with E-state index < -0.39 is 0 Å². The van der Waals surface area contributed by atoms with E-state index in [1.165, 1.54) is 4.90 Å². The molecule has 2 amide bonds. The van der Waals surface area contributed by atoms with Crippen molar-refractivity contribution in [2.24, 2.45) is 5.92 Å². The Labute approximate surface area is 263 Å². The zero-order chi connectivity index (χ0) is 31.5. The number of rotatable bonds is 4. The van der Waals surface area contributed by atoms with Gasteiger partial charge in [0.15, 0.2) is 5.82 Å². The van der Waals surface area contributed by atoms with Gasteiger partial charge in [0.05, 0.1) is 37.6 Å². The molecular formula is C35H39N5O5. The van der Waals surface area contributed by atoms with Gasteiger partial charge in [-0.2, -0.15) is 5.10 Å². The summed E-state index contributed by atoms with van der Waals surface area (Å²) in [6, 6.07) is 20.7. The van der Waals surface area contributed by atoms with E-state index >= 15 is 0 Å². The van der Waals surface area contributed by atoms with E-state index in [-0.39, 0.29) is 30.5 Å². The minimum Gasteiger partial charge on any atom is -0.493 e. The molecule has 2 atom stereocenters. The summed E-state index contributed by atoms with van der Waals surface area (Å²) in [6.45, 7) is 7.97. The summed E-state index contributed by atoms with van der Waals surface area (Å²) in [5.41, 5.74) is 2.18. The first kappa shape index (κ1) is 30.3. The molecule has 10 nitrogen and oxygen atoms in total. The lowest BCUT2D eigenvalue weighted by atomic mass is 10.0. The summed E-state index contributed by atoms with van der Waals surface area (Å²) in [6.07, 6.45) is 0.302. The van der Waals surface area contributed by atoms with Crippen LogP contribution >= 0.6 is 0 Å². The van der Waals surface area contributed by atoms with E-state index in [1.54, 1.807) is 25.2 Å². The SMILES string of the molecule is Cc1nnc(N2CC[C@@H]3NC(=O)CN(C)C(=O)c4cc(OCC(C)C)cc(c4)Oc4cccc(c4)CO[C@H]3C2)c2ccccc12. The van der Waals surface area contributed by atoms with Crippen molar-refractivity contribution < 1.29 is 23.8 Å². The normalized spacial score (nSPS) is 19.2. The average Bonchev–Trinajstić information content (AvgIpc) is 3.03. The highest BCUT2D eigenvalue weighted by Crippen LogP contribution is 2.31. The largest absolute Gasteiger partial charge is 0.493 e. The Kier molecular flexibility index (Phi) is 8.84. The molecule has 0 radical (unpaired) electrons. The topological polar surface area (TPSA) is 106 Å². The number of anilines is 1. The number of fused-ring (bicyclic) bond motifs is 6. The fourth-order valence-corrected chi connectivity index (χ4v) is 5.80. The number of nitrogens with zero attached hydrogens (tertiary/aromatic N) is 4. The molecule has 234 valence electrons. The van der Waals surface area contributed by atoms with Gasteiger partial charge in [0.1, 0.15) is 17.2 Å². The molecule has 0 spiro atoms. The van der Waals surface area contributed by atoms with Crippen molar-refractivity contribution in [1.82, 2.24) is 20.4 Å². The summed E-state index contributed by atoms with van der Waals surface area (Å²) in [7, 11) is 1.62. The number of hydrogen-bond donors (Lipinski definition) is 1. The third-order valence-electron chi connectivity index (χ3n) is 8.09. The van der Waals surface area contributed by atoms with Crippen molar-refractivity contribution in [2.75, 3.05) is 38.2 Å². The van der Waals surface area contributed by atoms with Crippen LogP contribution in [0, 0.1) is 12.8 Å². The second-order valence-corrected chi connectivity index (χ2v) is 12.2. The second kappa shape index (κ2) is 13.1. The number of aromatic nitrogens is 2. The van der Waals surface area contributed by atoms with Crippen LogP contribution in [0.25, 0.3) is 10.8 Å². The summed E-state index contributed by atoms with van der Waals surface area (Å²) in [5.74, 6) is 2.17. The van der Waals surface area contributed by atoms with Crippen LogP contribution in [0.4, 0.5) is 5.82 Å². The maximum absolute atomic E-state index is 13.5. The number of benzene rings is 3. The van der Waals surface area contributed by atoms with Gasteiger partial charge in [-0.05, 0) is 49.1 Å². The van der Waals surface area contributed by atoms with Crippen LogP contribution in [0.2, 0.25) is 0 Å². The predicted octanol–water partition coefficient (Wildman–Crippen LogP) is 5.13. The number of carbonyl (C=O) groups excluding carboxylic acids is 2. The molecule has 1 fully saturated rings. The van der Waals surface area contributed by atoms with Crippen molar-refractivity contribution in [3.05, 3.63) is 83.6 Å². The fraction of sp³-hybridized carbons (Fsp3) is 0.371. The van der Waals surface area contributed by atoms with Crippen LogP contribution in [0.15, 0.2) is 66.7 Å². The highest BCUT2D eigenvalue weighted by atomic mass is 16.5. The minimum atomic E-state index is -0.337. The van der Waals surface area contributed by atoms with Gasteiger partial charge in [0, 0.05) is 42.5 Å². The molecule has 2 aliphatic rings. The van der Waals surface area contributed by atoms with Crippen LogP contribution in [-0.2, 0) is 16.1 Å².